The zero-order chi connectivity index (χ0) is 14.8. The summed E-state index contributed by atoms with van der Waals surface area (Å²) in [6.45, 7) is 0. The van der Waals surface area contributed by atoms with Crippen molar-refractivity contribution < 1.29 is 4.79 Å². The molecular weight excluding hydrogens is 280 g/mol. The van der Waals surface area contributed by atoms with Crippen molar-refractivity contribution in [3.8, 4) is 6.07 Å². The van der Waals surface area contributed by atoms with E-state index >= 15 is 0 Å². The minimum absolute atomic E-state index is 0.0726. The minimum atomic E-state index is -0.0726. The summed E-state index contributed by atoms with van der Waals surface area (Å²) in [5.74, 6) is -0.0726. The Balaban J connectivity index is 2.11. The van der Waals surface area contributed by atoms with E-state index in [9.17, 15) is 10.1 Å². The highest BCUT2D eigenvalue weighted by molar-refractivity contribution is 7.98. The summed E-state index contributed by atoms with van der Waals surface area (Å²) in [5, 5.41) is 9.91. The van der Waals surface area contributed by atoms with Gasteiger partial charge in [0.05, 0.1) is 11.6 Å². The third-order valence-corrected chi connectivity index (χ3v) is 4.17. The maximum atomic E-state index is 12.7. The molecule has 4 heteroatoms. The maximum absolute atomic E-state index is 12.7. The fraction of sp³-hybridized carbons (Fsp3) is 0.0588. The number of nitrogens with one attached hydrogen (secondary N) is 1. The van der Waals surface area contributed by atoms with E-state index in [1.54, 1.807) is 30.1 Å². The van der Waals surface area contributed by atoms with Gasteiger partial charge in [-0.2, -0.15) is 5.26 Å². The predicted octanol–water partition coefficient (Wildman–Crippen LogP) is 3.99. The predicted molar refractivity (Wildman–Crippen MR) is 84.7 cm³/mol. The van der Waals surface area contributed by atoms with Crippen LogP contribution in [0.4, 0.5) is 0 Å². The largest absolute Gasteiger partial charge is 0.360 e. The molecule has 0 atom stereocenters. The number of rotatable bonds is 3. The SMILES string of the molecule is CSc1ccc(C(=O)c2c[nH]c3cccc(C#N)c23)cc1. The molecule has 0 aliphatic carbocycles. The van der Waals surface area contributed by atoms with Crippen LogP contribution in [0.15, 0.2) is 53.6 Å². The Morgan fingerprint density at radius 1 is 1.19 bits per heavy atom. The van der Waals surface area contributed by atoms with Crippen molar-refractivity contribution in [2.45, 2.75) is 4.90 Å². The molecule has 0 fully saturated rings. The van der Waals surface area contributed by atoms with E-state index in [1.165, 1.54) is 0 Å². The van der Waals surface area contributed by atoms with E-state index in [-0.39, 0.29) is 5.78 Å². The van der Waals surface area contributed by atoms with Crippen molar-refractivity contribution >= 4 is 28.4 Å². The van der Waals surface area contributed by atoms with Crippen LogP contribution in [0, 0.1) is 11.3 Å². The number of benzene rings is 2. The Morgan fingerprint density at radius 3 is 2.62 bits per heavy atom. The molecule has 1 N–H and O–H groups in total. The number of nitrogens with zero attached hydrogens (tertiary/aromatic N) is 1. The first-order valence-corrected chi connectivity index (χ1v) is 7.66. The van der Waals surface area contributed by atoms with Crippen molar-refractivity contribution in [1.82, 2.24) is 4.98 Å². The molecule has 0 aliphatic heterocycles. The second-order valence-corrected chi connectivity index (χ2v) is 5.48. The van der Waals surface area contributed by atoms with Gasteiger partial charge in [0.25, 0.3) is 0 Å². The topological polar surface area (TPSA) is 56.6 Å². The molecule has 0 amide bonds. The van der Waals surface area contributed by atoms with Gasteiger partial charge in [-0.05, 0) is 42.7 Å². The van der Waals surface area contributed by atoms with Gasteiger partial charge in [0, 0.05) is 33.1 Å². The van der Waals surface area contributed by atoms with E-state index in [1.807, 2.05) is 36.6 Å². The molecule has 3 nitrogen and oxygen atoms in total. The average molecular weight is 292 g/mol. The maximum Gasteiger partial charge on any atom is 0.195 e. The third-order valence-electron chi connectivity index (χ3n) is 3.42. The minimum Gasteiger partial charge on any atom is -0.360 e. The molecule has 0 saturated carbocycles. The lowest BCUT2D eigenvalue weighted by Gasteiger charge is -2.02. The summed E-state index contributed by atoms with van der Waals surface area (Å²) in [4.78, 5) is 16.8. The molecule has 0 spiro atoms. The van der Waals surface area contributed by atoms with Crippen LogP contribution in [0.1, 0.15) is 21.5 Å². The van der Waals surface area contributed by atoms with Gasteiger partial charge in [-0.3, -0.25) is 4.79 Å². The normalized spacial score (nSPS) is 10.5. The van der Waals surface area contributed by atoms with Gasteiger partial charge in [-0.1, -0.05) is 6.07 Å². The van der Waals surface area contributed by atoms with Gasteiger partial charge >= 0.3 is 0 Å². The van der Waals surface area contributed by atoms with Gasteiger partial charge in [0.1, 0.15) is 0 Å². The fourth-order valence-electron chi connectivity index (χ4n) is 2.35. The van der Waals surface area contributed by atoms with Crippen LogP contribution in [0.3, 0.4) is 0 Å². The quantitative estimate of drug-likeness (QED) is 0.586. The highest BCUT2D eigenvalue weighted by Crippen LogP contribution is 2.25. The fourth-order valence-corrected chi connectivity index (χ4v) is 2.76. The van der Waals surface area contributed by atoms with Gasteiger partial charge in [-0.25, -0.2) is 0 Å². The van der Waals surface area contributed by atoms with Crippen molar-refractivity contribution in [3.05, 3.63) is 65.4 Å². The molecule has 2 aromatic carbocycles. The standard InChI is InChI=1S/C17H12N2OS/c1-21-13-7-5-11(6-8-13)17(20)14-10-19-15-4-2-3-12(9-18)16(14)15/h2-8,10,19H,1H3. The van der Waals surface area contributed by atoms with Crippen LogP contribution in [0.2, 0.25) is 0 Å². The zero-order valence-electron chi connectivity index (χ0n) is 11.4. The lowest BCUT2D eigenvalue weighted by molar-refractivity contribution is 0.104. The van der Waals surface area contributed by atoms with Crippen molar-refractivity contribution in [2.24, 2.45) is 0 Å². The summed E-state index contributed by atoms with van der Waals surface area (Å²) < 4.78 is 0. The summed E-state index contributed by atoms with van der Waals surface area (Å²) >= 11 is 1.63. The molecule has 0 saturated heterocycles. The summed E-state index contributed by atoms with van der Waals surface area (Å²) in [6, 6.07) is 15.0. The molecule has 0 bridgehead atoms. The Hall–Kier alpha value is -2.51. The van der Waals surface area contributed by atoms with Crippen molar-refractivity contribution in [2.75, 3.05) is 6.26 Å². The highest BCUT2D eigenvalue weighted by Gasteiger charge is 2.16. The van der Waals surface area contributed by atoms with Gasteiger partial charge in [0.2, 0.25) is 0 Å². The number of carbonyl (C=O) groups excluding carboxylic acids is 1. The number of carbonyl (C=O) groups is 1. The molecule has 0 aliphatic rings. The van der Waals surface area contributed by atoms with Crippen LogP contribution in [-0.2, 0) is 0 Å². The molecule has 21 heavy (non-hydrogen) atoms. The highest BCUT2D eigenvalue weighted by atomic mass is 32.2. The molecule has 0 radical (unpaired) electrons. The first-order chi connectivity index (χ1) is 10.2. The molecule has 3 aromatic rings. The summed E-state index contributed by atoms with van der Waals surface area (Å²) in [5.41, 5.74) is 2.48. The van der Waals surface area contributed by atoms with Gasteiger partial charge in [-0.15, -0.1) is 11.8 Å². The number of H-pyrrole nitrogens is 1. The smallest absolute Gasteiger partial charge is 0.195 e. The number of aromatic amines is 1. The van der Waals surface area contributed by atoms with Gasteiger partial charge < -0.3 is 4.98 Å². The van der Waals surface area contributed by atoms with E-state index in [0.717, 1.165) is 10.4 Å². The van der Waals surface area contributed by atoms with Gasteiger partial charge in [0.15, 0.2) is 5.78 Å². The lowest BCUT2D eigenvalue weighted by Crippen LogP contribution is -2.00. The van der Waals surface area contributed by atoms with E-state index in [4.69, 9.17) is 0 Å². The van der Waals surface area contributed by atoms with Crippen LogP contribution in [0.25, 0.3) is 10.9 Å². The van der Waals surface area contributed by atoms with Crippen LogP contribution in [-0.4, -0.2) is 17.0 Å². The number of hydrogen-bond acceptors (Lipinski definition) is 3. The number of aromatic nitrogens is 1. The van der Waals surface area contributed by atoms with Crippen molar-refractivity contribution in [3.63, 3.8) is 0 Å². The molecule has 102 valence electrons. The lowest BCUT2D eigenvalue weighted by atomic mass is 10.00. The Bertz CT molecular complexity index is 857. The molecule has 0 unspecified atom stereocenters. The monoisotopic (exact) mass is 292 g/mol. The first-order valence-electron chi connectivity index (χ1n) is 6.43. The Morgan fingerprint density at radius 2 is 1.95 bits per heavy atom. The molecule has 1 heterocycles. The van der Waals surface area contributed by atoms with Crippen LogP contribution < -0.4 is 0 Å². The number of fused-ring (bicyclic) bond motifs is 1. The van der Waals surface area contributed by atoms with Crippen LogP contribution >= 0.6 is 11.8 Å². The Labute approximate surface area is 126 Å². The second-order valence-electron chi connectivity index (χ2n) is 4.60. The van der Waals surface area contributed by atoms with Crippen LogP contribution in [0.5, 0.6) is 0 Å². The summed E-state index contributed by atoms with van der Waals surface area (Å²) in [7, 11) is 0. The van der Waals surface area contributed by atoms with E-state index in [2.05, 4.69) is 11.1 Å². The molecule has 3 rings (SSSR count). The number of hydrogen-bond donors (Lipinski definition) is 1. The van der Waals surface area contributed by atoms with E-state index < -0.39 is 0 Å². The summed E-state index contributed by atoms with van der Waals surface area (Å²) in [6.07, 6.45) is 3.67. The number of ketones is 1. The number of thioether (sulfide) groups is 1. The molecule has 1 aromatic heterocycles. The average Bonchev–Trinajstić information content (AvgIpc) is 2.98. The third kappa shape index (κ3) is 2.32. The van der Waals surface area contributed by atoms with E-state index in [0.29, 0.717) is 22.1 Å². The first kappa shape index (κ1) is 13.5. The van der Waals surface area contributed by atoms with Crippen molar-refractivity contribution in [1.29, 1.82) is 5.26 Å². The Kier molecular flexibility index (Phi) is 3.51. The zero-order valence-corrected chi connectivity index (χ0v) is 12.2. The number of nitriles is 1. The molecular formula is C17H12N2OS. The second kappa shape index (κ2) is 5.47.